The minimum Gasteiger partial charge on any atom is -0.369 e. The number of aromatic amines is 1. The molecular formula is C15H14N4. The van der Waals surface area contributed by atoms with E-state index < -0.39 is 0 Å². The van der Waals surface area contributed by atoms with E-state index in [9.17, 15) is 0 Å². The molecule has 1 aliphatic rings. The maximum Gasteiger partial charge on any atom is 0.131 e. The molecule has 3 aromatic rings. The zero-order valence-corrected chi connectivity index (χ0v) is 10.4. The summed E-state index contributed by atoms with van der Waals surface area (Å²) in [7, 11) is 0. The summed E-state index contributed by atoms with van der Waals surface area (Å²) in [4.78, 5) is 7.55. The first kappa shape index (κ1) is 10.4. The molecule has 1 aromatic carbocycles. The number of hydrogen-bond donors (Lipinski definition) is 3. The molecule has 94 valence electrons. The number of H-pyrrole nitrogens is 1. The van der Waals surface area contributed by atoms with E-state index in [1.165, 1.54) is 10.9 Å². The maximum absolute atomic E-state index is 4.35. The monoisotopic (exact) mass is 250 g/mol. The highest BCUT2D eigenvalue weighted by molar-refractivity contribution is 5.84. The van der Waals surface area contributed by atoms with E-state index >= 15 is 0 Å². The lowest BCUT2D eigenvalue weighted by Crippen LogP contribution is -1.95. The van der Waals surface area contributed by atoms with E-state index in [2.05, 4.69) is 44.9 Å². The fourth-order valence-electron chi connectivity index (χ4n) is 2.61. The first-order valence-electron chi connectivity index (χ1n) is 6.46. The minimum absolute atomic E-state index is 0.970. The molecule has 19 heavy (non-hydrogen) atoms. The van der Waals surface area contributed by atoms with Crippen molar-refractivity contribution in [3.8, 4) is 0 Å². The van der Waals surface area contributed by atoms with E-state index in [1.807, 2.05) is 18.5 Å². The summed E-state index contributed by atoms with van der Waals surface area (Å²) >= 11 is 0. The average Bonchev–Trinajstić information content (AvgIpc) is 3.06. The molecule has 0 saturated heterocycles. The highest BCUT2D eigenvalue weighted by Gasteiger charge is 2.15. The molecule has 4 rings (SSSR count). The van der Waals surface area contributed by atoms with Crippen molar-refractivity contribution in [3.05, 3.63) is 48.3 Å². The first-order valence-corrected chi connectivity index (χ1v) is 6.46. The van der Waals surface area contributed by atoms with Gasteiger partial charge in [-0.3, -0.25) is 0 Å². The molecule has 2 aromatic heterocycles. The van der Waals surface area contributed by atoms with Crippen LogP contribution in [0.1, 0.15) is 5.56 Å². The van der Waals surface area contributed by atoms with Crippen molar-refractivity contribution in [2.45, 2.75) is 6.42 Å². The highest BCUT2D eigenvalue weighted by atomic mass is 15.0. The Balaban J connectivity index is 1.73. The number of nitrogens with one attached hydrogen (secondary N) is 3. The predicted octanol–water partition coefficient (Wildman–Crippen LogP) is 3.27. The van der Waals surface area contributed by atoms with Crippen LogP contribution in [-0.4, -0.2) is 16.5 Å². The summed E-state index contributed by atoms with van der Waals surface area (Å²) < 4.78 is 0. The van der Waals surface area contributed by atoms with Gasteiger partial charge in [0.05, 0.1) is 0 Å². The second-order valence-corrected chi connectivity index (χ2v) is 4.77. The topological polar surface area (TPSA) is 52.7 Å². The van der Waals surface area contributed by atoms with Crippen LogP contribution in [0, 0.1) is 0 Å². The Kier molecular flexibility index (Phi) is 2.21. The standard InChI is InChI=1S/C15H14N4/c1-2-13-10(3-6-16-13)9-11(1)19-14-5-8-18-15-12(14)4-7-17-15/h1-3,5-6,8-9,16H,4,7H2,(H2,17,18,19). The van der Waals surface area contributed by atoms with Gasteiger partial charge < -0.3 is 15.6 Å². The molecule has 0 unspecified atom stereocenters. The van der Waals surface area contributed by atoms with Crippen LogP contribution in [0.4, 0.5) is 17.2 Å². The zero-order chi connectivity index (χ0) is 12.7. The minimum atomic E-state index is 0.970. The van der Waals surface area contributed by atoms with Crippen molar-refractivity contribution in [3.63, 3.8) is 0 Å². The van der Waals surface area contributed by atoms with E-state index in [0.717, 1.165) is 35.7 Å². The maximum atomic E-state index is 4.35. The van der Waals surface area contributed by atoms with Crippen LogP contribution in [0.3, 0.4) is 0 Å². The number of benzene rings is 1. The molecule has 0 radical (unpaired) electrons. The average molecular weight is 250 g/mol. The van der Waals surface area contributed by atoms with Crippen LogP contribution in [0.15, 0.2) is 42.7 Å². The molecule has 3 N–H and O–H groups in total. The third-order valence-electron chi connectivity index (χ3n) is 3.56. The summed E-state index contributed by atoms with van der Waals surface area (Å²) in [6.07, 6.45) is 4.83. The van der Waals surface area contributed by atoms with Gasteiger partial charge in [0, 0.05) is 46.8 Å². The fraction of sp³-hybridized carbons (Fsp3) is 0.133. The van der Waals surface area contributed by atoms with Crippen LogP contribution < -0.4 is 10.6 Å². The number of anilines is 3. The Morgan fingerprint density at radius 3 is 3.16 bits per heavy atom. The second kappa shape index (κ2) is 4.02. The van der Waals surface area contributed by atoms with Crippen molar-refractivity contribution in [1.82, 2.24) is 9.97 Å². The molecule has 0 bridgehead atoms. The Hall–Kier alpha value is -2.49. The number of hydrogen-bond acceptors (Lipinski definition) is 3. The van der Waals surface area contributed by atoms with Crippen molar-refractivity contribution in [1.29, 1.82) is 0 Å². The summed E-state index contributed by atoms with van der Waals surface area (Å²) in [6.45, 7) is 0.970. The molecular weight excluding hydrogens is 236 g/mol. The molecule has 0 atom stereocenters. The number of aromatic nitrogens is 2. The molecule has 0 fully saturated rings. The Bertz CT molecular complexity index is 745. The molecule has 4 nitrogen and oxygen atoms in total. The lowest BCUT2D eigenvalue weighted by molar-refractivity contribution is 1.11. The van der Waals surface area contributed by atoms with Gasteiger partial charge >= 0.3 is 0 Å². The van der Waals surface area contributed by atoms with Crippen LogP contribution in [0.5, 0.6) is 0 Å². The third kappa shape index (κ3) is 1.73. The smallest absolute Gasteiger partial charge is 0.131 e. The third-order valence-corrected chi connectivity index (χ3v) is 3.56. The zero-order valence-electron chi connectivity index (χ0n) is 10.4. The lowest BCUT2D eigenvalue weighted by Gasteiger charge is -2.10. The summed E-state index contributed by atoms with van der Waals surface area (Å²) in [5, 5.41) is 8.00. The van der Waals surface area contributed by atoms with E-state index in [4.69, 9.17) is 0 Å². The largest absolute Gasteiger partial charge is 0.369 e. The number of fused-ring (bicyclic) bond motifs is 2. The quantitative estimate of drug-likeness (QED) is 0.654. The van der Waals surface area contributed by atoms with Gasteiger partial charge in [0.1, 0.15) is 5.82 Å². The molecule has 3 heterocycles. The summed E-state index contributed by atoms with van der Waals surface area (Å²) in [5.74, 6) is 1.01. The highest BCUT2D eigenvalue weighted by Crippen LogP contribution is 2.30. The first-order chi connectivity index (χ1) is 9.40. The number of nitrogens with zero attached hydrogens (tertiary/aromatic N) is 1. The molecule has 1 aliphatic heterocycles. The van der Waals surface area contributed by atoms with Crippen molar-refractivity contribution < 1.29 is 0 Å². The molecule has 0 aliphatic carbocycles. The van der Waals surface area contributed by atoms with Gasteiger partial charge in [-0.1, -0.05) is 0 Å². The SMILES string of the molecule is c1cc(Nc2ccc3[nH]ccc3c2)c2c(n1)NCC2. The van der Waals surface area contributed by atoms with Gasteiger partial charge in [-0.05, 0) is 36.8 Å². The Labute approximate surface area is 110 Å². The van der Waals surface area contributed by atoms with Crippen molar-refractivity contribution in [2.24, 2.45) is 0 Å². The summed E-state index contributed by atoms with van der Waals surface area (Å²) in [6, 6.07) is 10.5. The van der Waals surface area contributed by atoms with E-state index in [1.54, 1.807) is 0 Å². The Morgan fingerprint density at radius 1 is 1.16 bits per heavy atom. The number of pyridine rings is 1. The van der Waals surface area contributed by atoms with Crippen molar-refractivity contribution in [2.75, 3.05) is 17.2 Å². The van der Waals surface area contributed by atoms with Crippen LogP contribution >= 0.6 is 0 Å². The van der Waals surface area contributed by atoms with Gasteiger partial charge in [0.2, 0.25) is 0 Å². The predicted molar refractivity (Wildman–Crippen MR) is 78.0 cm³/mol. The summed E-state index contributed by atoms with van der Waals surface area (Å²) in [5.41, 5.74) is 4.68. The van der Waals surface area contributed by atoms with Crippen molar-refractivity contribution >= 4 is 28.1 Å². The lowest BCUT2D eigenvalue weighted by atomic mass is 10.1. The molecule has 0 saturated carbocycles. The van der Waals surface area contributed by atoms with Crippen LogP contribution in [0.2, 0.25) is 0 Å². The second-order valence-electron chi connectivity index (χ2n) is 4.77. The van der Waals surface area contributed by atoms with Gasteiger partial charge in [-0.25, -0.2) is 4.98 Å². The van der Waals surface area contributed by atoms with E-state index in [-0.39, 0.29) is 0 Å². The normalized spacial score (nSPS) is 13.3. The number of rotatable bonds is 2. The van der Waals surface area contributed by atoms with Gasteiger partial charge in [0.25, 0.3) is 0 Å². The van der Waals surface area contributed by atoms with E-state index in [0.29, 0.717) is 0 Å². The molecule has 0 spiro atoms. The Morgan fingerprint density at radius 2 is 2.16 bits per heavy atom. The molecule has 0 amide bonds. The van der Waals surface area contributed by atoms with Gasteiger partial charge in [0.15, 0.2) is 0 Å². The van der Waals surface area contributed by atoms with Gasteiger partial charge in [-0.15, -0.1) is 0 Å². The van der Waals surface area contributed by atoms with Gasteiger partial charge in [-0.2, -0.15) is 0 Å². The molecule has 4 heteroatoms. The fourth-order valence-corrected chi connectivity index (χ4v) is 2.61. The van der Waals surface area contributed by atoms with Crippen LogP contribution in [0.25, 0.3) is 10.9 Å². The van der Waals surface area contributed by atoms with Crippen LogP contribution in [-0.2, 0) is 6.42 Å².